The Balaban J connectivity index is 1.60. The van der Waals surface area contributed by atoms with E-state index in [0.717, 1.165) is 61.3 Å². The fourth-order valence-electron chi connectivity index (χ4n) is 4.94. The van der Waals surface area contributed by atoms with E-state index in [0.29, 0.717) is 22.2 Å². The van der Waals surface area contributed by atoms with Crippen molar-refractivity contribution in [3.63, 3.8) is 0 Å². The average Bonchev–Trinajstić information content (AvgIpc) is 2.91. The Morgan fingerprint density at radius 3 is 2.54 bits per heavy atom. The van der Waals surface area contributed by atoms with Gasteiger partial charge in [-0.1, -0.05) is 60.1 Å². The maximum absolute atomic E-state index is 13.7. The lowest BCUT2D eigenvalue weighted by molar-refractivity contribution is 0.0949. The van der Waals surface area contributed by atoms with Crippen LogP contribution in [0.5, 0.6) is 0 Å². The number of carbonyl (C=O) groups is 1. The van der Waals surface area contributed by atoms with Gasteiger partial charge in [0.15, 0.2) is 5.78 Å². The first kappa shape index (κ1) is 25.1. The standard InChI is InChI=1S/C29H33ClN4O/c1-31-29(32-2)24-7-4-3-6-23(24)21-10-12-22(13-11-21)28(35)25(27-26(30)8-5-17-34-27)14-9-20-15-18-33-19-16-20/h3-8,10-13,17,20,25,33H,9,14-16,18-19H2,1-2H3,(H,31,32). The molecule has 5 nitrogen and oxygen atoms in total. The van der Waals surface area contributed by atoms with Crippen LogP contribution in [-0.4, -0.2) is 43.8 Å². The summed E-state index contributed by atoms with van der Waals surface area (Å²) < 4.78 is 0. The van der Waals surface area contributed by atoms with Gasteiger partial charge in [0.25, 0.3) is 0 Å². The summed E-state index contributed by atoms with van der Waals surface area (Å²) in [6, 6.07) is 19.6. The normalized spacial score (nSPS) is 15.6. The zero-order valence-corrected chi connectivity index (χ0v) is 21.2. The average molecular weight is 489 g/mol. The molecule has 1 fully saturated rings. The molecule has 0 saturated carbocycles. The minimum Gasteiger partial charge on any atom is -0.373 e. The number of aromatic nitrogens is 1. The zero-order valence-electron chi connectivity index (χ0n) is 20.4. The number of pyridine rings is 1. The molecular formula is C29H33ClN4O. The molecule has 0 radical (unpaired) electrons. The highest BCUT2D eigenvalue weighted by atomic mass is 35.5. The van der Waals surface area contributed by atoms with Crippen molar-refractivity contribution in [2.24, 2.45) is 10.9 Å². The predicted molar refractivity (Wildman–Crippen MR) is 145 cm³/mol. The maximum atomic E-state index is 13.7. The van der Waals surface area contributed by atoms with Gasteiger partial charge in [0, 0.05) is 31.4 Å². The number of nitrogens with zero attached hydrogens (tertiary/aromatic N) is 2. The van der Waals surface area contributed by atoms with E-state index in [1.54, 1.807) is 13.2 Å². The van der Waals surface area contributed by atoms with Crippen molar-refractivity contribution in [3.8, 4) is 11.1 Å². The highest BCUT2D eigenvalue weighted by molar-refractivity contribution is 6.31. The summed E-state index contributed by atoms with van der Waals surface area (Å²) in [5.74, 6) is 1.18. The quantitative estimate of drug-likeness (QED) is 0.241. The van der Waals surface area contributed by atoms with Crippen molar-refractivity contribution < 1.29 is 4.79 Å². The lowest BCUT2D eigenvalue weighted by atomic mass is 9.84. The van der Waals surface area contributed by atoms with Gasteiger partial charge < -0.3 is 10.6 Å². The number of nitrogens with one attached hydrogen (secondary N) is 2. The summed E-state index contributed by atoms with van der Waals surface area (Å²) in [6.07, 6.45) is 5.78. The summed E-state index contributed by atoms with van der Waals surface area (Å²) in [5, 5.41) is 7.13. The summed E-state index contributed by atoms with van der Waals surface area (Å²) in [7, 11) is 3.64. The molecule has 0 aliphatic carbocycles. The number of Topliss-reactive ketones (excluding diaryl/α,β-unsaturated/α-hetero) is 1. The second-order valence-corrected chi connectivity index (χ2v) is 9.41. The molecule has 2 heterocycles. The molecule has 0 spiro atoms. The van der Waals surface area contributed by atoms with Gasteiger partial charge in [0.05, 0.1) is 16.6 Å². The molecule has 1 aliphatic rings. The molecule has 0 amide bonds. The molecule has 1 unspecified atom stereocenters. The van der Waals surface area contributed by atoms with Crippen LogP contribution in [0.1, 0.15) is 53.2 Å². The first-order chi connectivity index (χ1) is 17.1. The number of carbonyl (C=O) groups excluding carboxylic acids is 1. The van der Waals surface area contributed by atoms with Gasteiger partial charge >= 0.3 is 0 Å². The van der Waals surface area contributed by atoms with Crippen LogP contribution < -0.4 is 10.6 Å². The van der Waals surface area contributed by atoms with Crippen molar-refractivity contribution >= 4 is 23.2 Å². The topological polar surface area (TPSA) is 66.4 Å². The van der Waals surface area contributed by atoms with Crippen LogP contribution >= 0.6 is 11.6 Å². The number of benzene rings is 2. The largest absolute Gasteiger partial charge is 0.373 e. The van der Waals surface area contributed by atoms with Crippen LogP contribution in [0, 0.1) is 5.92 Å². The van der Waals surface area contributed by atoms with Crippen LogP contribution in [0.3, 0.4) is 0 Å². The number of hydrogen-bond donors (Lipinski definition) is 2. The molecule has 35 heavy (non-hydrogen) atoms. The predicted octanol–water partition coefficient (Wildman–Crippen LogP) is 5.74. The zero-order chi connectivity index (χ0) is 24.6. The van der Waals surface area contributed by atoms with E-state index in [4.69, 9.17) is 11.6 Å². The van der Waals surface area contributed by atoms with Gasteiger partial charge in [-0.05, 0) is 68.0 Å². The molecule has 1 saturated heterocycles. The molecule has 1 atom stereocenters. The Morgan fingerprint density at radius 1 is 1.11 bits per heavy atom. The van der Waals surface area contributed by atoms with Crippen molar-refractivity contribution in [2.75, 3.05) is 27.2 Å². The van der Waals surface area contributed by atoms with Crippen LogP contribution in [0.25, 0.3) is 11.1 Å². The SMILES string of the molecule is C/N=C(\NC)c1ccccc1-c1ccc(C(=O)C(CCC2CCNCC2)c2ncccc2Cl)cc1. The first-order valence-electron chi connectivity index (χ1n) is 12.3. The molecule has 3 aromatic rings. The van der Waals surface area contributed by atoms with Gasteiger partial charge in [-0.3, -0.25) is 14.8 Å². The summed E-state index contributed by atoms with van der Waals surface area (Å²) >= 11 is 6.51. The third-order valence-electron chi connectivity index (χ3n) is 6.88. The van der Waals surface area contributed by atoms with E-state index in [-0.39, 0.29) is 11.7 Å². The van der Waals surface area contributed by atoms with Crippen LogP contribution in [0.4, 0.5) is 0 Å². The van der Waals surface area contributed by atoms with Gasteiger partial charge in [0.2, 0.25) is 0 Å². The van der Waals surface area contributed by atoms with E-state index in [2.05, 4.69) is 26.7 Å². The Bertz CT molecular complexity index is 1170. The molecule has 2 N–H and O–H groups in total. The van der Waals surface area contributed by atoms with Gasteiger partial charge in [-0.15, -0.1) is 0 Å². The number of hydrogen-bond acceptors (Lipinski definition) is 4. The maximum Gasteiger partial charge on any atom is 0.171 e. The van der Waals surface area contributed by atoms with E-state index >= 15 is 0 Å². The third-order valence-corrected chi connectivity index (χ3v) is 7.20. The fourth-order valence-corrected chi connectivity index (χ4v) is 5.20. The van der Waals surface area contributed by atoms with Gasteiger partial charge in [-0.2, -0.15) is 0 Å². The Kier molecular flexibility index (Phi) is 8.67. The number of amidine groups is 1. The molecule has 1 aromatic heterocycles. The van der Waals surface area contributed by atoms with E-state index in [1.807, 2.05) is 61.6 Å². The summed E-state index contributed by atoms with van der Waals surface area (Å²) in [6.45, 7) is 2.10. The Morgan fingerprint density at radius 2 is 1.86 bits per heavy atom. The minimum absolute atomic E-state index is 0.0744. The van der Waals surface area contributed by atoms with Crippen LogP contribution in [-0.2, 0) is 0 Å². The smallest absolute Gasteiger partial charge is 0.171 e. The molecular weight excluding hydrogens is 456 g/mol. The first-order valence-corrected chi connectivity index (χ1v) is 12.7. The summed E-state index contributed by atoms with van der Waals surface area (Å²) in [4.78, 5) is 22.6. The van der Waals surface area contributed by atoms with Crippen molar-refractivity contribution in [1.82, 2.24) is 15.6 Å². The number of aliphatic imine (C=N–C) groups is 1. The van der Waals surface area contributed by atoms with E-state index < -0.39 is 0 Å². The Hall–Kier alpha value is -3.02. The van der Waals surface area contributed by atoms with E-state index in [9.17, 15) is 4.79 Å². The molecule has 0 bridgehead atoms. The fraction of sp³-hybridized carbons (Fsp3) is 0.345. The summed E-state index contributed by atoms with van der Waals surface area (Å²) in [5.41, 5.74) is 4.49. The second-order valence-electron chi connectivity index (χ2n) is 9.00. The molecule has 1 aliphatic heterocycles. The molecule has 6 heteroatoms. The van der Waals surface area contributed by atoms with Crippen molar-refractivity contribution in [3.05, 3.63) is 88.7 Å². The lowest BCUT2D eigenvalue weighted by Gasteiger charge is -2.25. The number of piperidine rings is 1. The number of ketones is 1. The number of halogens is 1. The Labute approximate surface area is 213 Å². The highest BCUT2D eigenvalue weighted by Gasteiger charge is 2.27. The minimum atomic E-state index is -0.347. The second kappa shape index (κ2) is 12.1. The van der Waals surface area contributed by atoms with E-state index in [1.165, 1.54) is 0 Å². The molecule has 4 rings (SSSR count). The monoisotopic (exact) mass is 488 g/mol. The van der Waals surface area contributed by atoms with Crippen molar-refractivity contribution in [1.29, 1.82) is 0 Å². The molecule has 2 aromatic carbocycles. The van der Waals surface area contributed by atoms with Crippen molar-refractivity contribution in [2.45, 2.75) is 31.6 Å². The van der Waals surface area contributed by atoms with Crippen LogP contribution in [0.2, 0.25) is 5.02 Å². The van der Waals surface area contributed by atoms with Gasteiger partial charge in [0.1, 0.15) is 5.84 Å². The third kappa shape index (κ3) is 5.98. The van der Waals surface area contributed by atoms with Crippen LogP contribution in [0.15, 0.2) is 71.9 Å². The highest BCUT2D eigenvalue weighted by Crippen LogP contribution is 2.33. The molecule has 182 valence electrons. The lowest BCUT2D eigenvalue weighted by Crippen LogP contribution is -2.28. The van der Waals surface area contributed by atoms with Gasteiger partial charge in [-0.25, -0.2) is 0 Å². The number of rotatable bonds is 8.